The van der Waals surface area contributed by atoms with Crippen molar-refractivity contribution < 1.29 is 9.53 Å². The highest BCUT2D eigenvalue weighted by Gasteiger charge is 2.06. The Balaban J connectivity index is 2.53. The SMILES string of the molecule is CCCC(=O)CCc1cccnc1OC. The number of ketones is 1. The van der Waals surface area contributed by atoms with Gasteiger partial charge in [0.1, 0.15) is 5.78 Å². The fourth-order valence-electron chi connectivity index (χ4n) is 1.48. The molecule has 15 heavy (non-hydrogen) atoms. The summed E-state index contributed by atoms with van der Waals surface area (Å²) in [5, 5.41) is 0. The van der Waals surface area contributed by atoms with E-state index in [1.54, 1.807) is 13.3 Å². The normalized spacial score (nSPS) is 10.0. The van der Waals surface area contributed by atoms with E-state index in [0.717, 1.165) is 18.4 Å². The summed E-state index contributed by atoms with van der Waals surface area (Å²) in [4.78, 5) is 15.4. The molecular formula is C12H17NO2. The van der Waals surface area contributed by atoms with E-state index < -0.39 is 0 Å². The van der Waals surface area contributed by atoms with Gasteiger partial charge in [-0.2, -0.15) is 0 Å². The van der Waals surface area contributed by atoms with E-state index in [-0.39, 0.29) is 0 Å². The molecule has 1 aromatic heterocycles. The van der Waals surface area contributed by atoms with Crippen LogP contribution in [-0.2, 0) is 11.2 Å². The quantitative estimate of drug-likeness (QED) is 0.719. The van der Waals surface area contributed by atoms with E-state index in [2.05, 4.69) is 4.98 Å². The van der Waals surface area contributed by atoms with Crippen LogP contribution >= 0.6 is 0 Å². The lowest BCUT2D eigenvalue weighted by atomic mass is 10.1. The first kappa shape index (κ1) is 11.7. The van der Waals surface area contributed by atoms with Crippen molar-refractivity contribution in [1.82, 2.24) is 4.98 Å². The fraction of sp³-hybridized carbons (Fsp3) is 0.500. The zero-order valence-corrected chi connectivity index (χ0v) is 9.32. The zero-order chi connectivity index (χ0) is 11.1. The summed E-state index contributed by atoms with van der Waals surface area (Å²) in [6.07, 6.45) is 4.58. The summed E-state index contributed by atoms with van der Waals surface area (Å²) < 4.78 is 5.12. The van der Waals surface area contributed by atoms with Gasteiger partial charge in [0.05, 0.1) is 7.11 Å². The number of aromatic nitrogens is 1. The van der Waals surface area contributed by atoms with E-state index in [9.17, 15) is 4.79 Å². The largest absolute Gasteiger partial charge is 0.481 e. The van der Waals surface area contributed by atoms with Gasteiger partial charge in [0, 0.05) is 24.6 Å². The first-order valence-corrected chi connectivity index (χ1v) is 5.27. The number of methoxy groups -OCH3 is 1. The molecular weight excluding hydrogens is 190 g/mol. The molecule has 0 atom stereocenters. The Morgan fingerprint density at radius 3 is 2.93 bits per heavy atom. The number of carbonyl (C=O) groups excluding carboxylic acids is 1. The molecule has 3 heteroatoms. The molecule has 0 unspecified atom stereocenters. The predicted octanol–water partition coefficient (Wildman–Crippen LogP) is 2.39. The Morgan fingerprint density at radius 1 is 1.47 bits per heavy atom. The fourth-order valence-corrected chi connectivity index (χ4v) is 1.48. The van der Waals surface area contributed by atoms with Gasteiger partial charge in [0.15, 0.2) is 0 Å². The second kappa shape index (κ2) is 6.17. The molecule has 0 bridgehead atoms. The highest BCUT2D eigenvalue weighted by atomic mass is 16.5. The first-order chi connectivity index (χ1) is 7.27. The highest BCUT2D eigenvalue weighted by molar-refractivity contribution is 5.78. The average molecular weight is 207 g/mol. The molecule has 0 saturated carbocycles. The van der Waals surface area contributed by atoms with Gasteiger partial charge in [0.25, 0.3) is 0 Å². The molecule has 3 nitrogen and oxygen atoms in total. The van der Waals surface area contributed by atoms with Crippen LogP contribution in [0.2, 0.25) is 0 Å². The summed E-state index contributed by atoms with van der Waals surface area (Å²) >= 11 is 0. The van der Waals surface area contributed by atoms with Crippen molar-refractivity contribution in [3.63, 3.8) is 0 Å². The van der Waals surface area contributed by atoms with Gasteiger partial charge in [-0.15, -0.1) is 0 Å². The molecule has 0 spiro atoms. The Morgan fingerprint density at radius 2 is 2.27 bits per heavy atom. The smallest absolute Gasteiger partial charge is 0.216 e. The van der Waals surface area contributed by atoms with Gasteiger partial charge in [0.2, 0.25) is 5.88 Å². The predicted molar refractivity (Wildman–Crippen MR) is 59.0 cm³/mol. The number of carbonyl (C=O) groups is 1. The number of Topliss-reactive ketones (excluding diaryl/α,β-unsaturated/α-hetero) is 1. The molecule has 0 amide bonds. The molecule has 1 rings (SSSR count). The molecule has 0 saturated heterocycles. The van der Waals surface area contributed by atoms with Gasteiger partial charge in [-0.1, -0.05) is 13.0 Å². The van der Waals surface area contributed by atoms with Crippen LogP contribution in [0.15, 0.2) is 18.3 Å². The maximum absolute atomic E-state index is 11.4. The number of aryl methyl sites for hydroxylation is 1. The van der Waals surface area contributed by atoms with Crippen molar-refractivity contribution >= 4 is 5.78 Å². The highest BCUT2D eigenvalue weighted by Crippen LogP contribution is 2.15. The van der Waals surface area contributed by atoms with Crippen LogP contribution in [0.1, 0.15) is 31.7 Å². The van der Waals surface area contributed by atoms with Crippen molar-refractivity contribution in [3.8, 4) is 5.88 Å². The number of nitrogens with zero attached hydrogens (tertiary/aromatic N) is 1. The van der Waals surface area contributed by atoms with E-state index >= 15 is 0 Å². The summed E-state index contributed by atoms with van der Waals surface area (Å²) in [7, 11) is 1.60. The Bertz CT molecular complexity index is 323. The first-order valence-electron chi connectivity index (χ1n) is 5.27. The number of hydrogen-bond donors (Lipinski definition) is 0. The van der Waals surface area contributed by atoms with E-state index in [1.165, 1.54) is 0 Å². The van der Waals surface area contributed by atoms with Crippen molar-refractivity contribution in [1.29, 1.82) is 0 Å². The maximum atomic E-state index is 11.4. The number of hydrogen-bond acceptors (Lipinski definition) is 3. The van der Waals surface area contributed by atoms with Crippen molar-refractivity contribution in [3.05, 3.63) is 23.9 Å². The standard InChI is InChI=1S/C12H17NO2/c1-3-5-11(14)8-7-10-6-4-9-13-12(10)15-2/h4,6,9H,3,5,7-8H2,1-2H3. The molecule has 1 heterocycles. The number of pyridine rings is 1. The molecule has 0 radical (unpaired) electrons. The van der Waals surface area contributed by atoms with E-state index in [4.69, 9.17) is 4.74 Å². The molecule has 1 aromatic rings. The van der Waals surface area contributed by atoms with Crippen LogP contribution in [-0.4, -0.2) is 17.9 Å². The van der Waals surface area contributed by atoms with Gasteiger partial charge in [-0.05, 0) is 18.9 Å². The second-order valence-corrected chi connectivity index (χ2v) is 3.46. The maximum Gasteiger partial charge on any atom is 0.216 e. The third-order valence-electron chi connectivity index (χ3n) is 2.25. The molecule has 82 valence electrons. The van der Waals surface area contributed by atoms with Gasteiger partial charge in [-0.3, -0.25) is 4.79 Å². The third kappa shape index (κ3) is 3.70. The van der Waals surface area contributed by atoms with Gasteiger partial charge in [-0.25, -0.2) is 4.98 Å². The van der Waals surface area contributed by atoms with Crippen LogP contribution in [0.25, 0.3) is 0 Å². The molecule has 0 aliphatic heterocycles. The summed E-state index contributed by atoms with van der Waals surface area (Å²) in [6.45, 7) is 2.02. The molecule has 0 aliphatic carbocycles. The zero-order valence-electron chi connectivity index (χ0n) is 9.32. The third-order valence-corrected chi connectivity index (χ3v) is 2.25. The minimum Gasteiger partial charge on any atom is -0.481 e. The molecule has 0 aromatic carbocycles. The topological polar surface area (TPSA) is 39.2 Å². The van der Waals surface area contributed by atoms with Crippen molar-refractivity contribution in [2.45, 2.75) is 32.6 Å². The summed E-state index contributed by atoms with van der Waals surface area (Å²) in [5.41, 5.74) is 1.00. The van der Waals surface area contributed by atoms with E-state index in [0.29, 0.717) is 24.5 Å². The minimum absolute atomic E-state index is 0.309. The Kier molecular flexibility index (Phi) is 4.81. The number of ether oxygens (including phenoxy) is 1. The molecule has 0 N–H and O–H groups in total. The lowest BCUT2D eigenvalue weighted by molar-refractivity contribution is -0.119. The van der Waals surface area contributed by atoms with Crippen molar-refractivity contribution in [2.24, 2.45) is 0 Å². The molecule has 0 aliphatic rings. The van der Waals surface area contributed by atoms with Crippen LogP contribution < -0.4 is 4.74 Å². The Hall–Kier alpha value is -1.38. The summed E-state index contributed by atoms with van der Waals surface area (Å²) in [6, 6.07) is 3.81. The monoisotopic (exact) mass is 207 g/mol. The summed E-state index contributed by atoms with van der Waals surface area (Å²) in [5.74, 6) is 0.935. The second-order valence-electron chi connectivity index (χ2n) is 3.46. The van der Waals surface area contributed by atoms with Crippen LogP contribution in [0, 0.1) is 0 Å². The lowest BCUT2D eigenvalue weighted by Crippen LogP contribution is -2.01. The van der Waals surface area contributed by atoms with Crippen LogP contribution in [0.5, 0.6) is 5.88 Å². The number of rotatable bonds is 6. The molecule has 0 fully saturated rings. The average Bonchev–Trinajstić information content (AvgIpc) is 2.27. The van der Waals surface area contributed by atoms with E-state index in [1.807, 2.05) is 19.1 Å². The Labute approximate surface area is 90.5 Å². The van der Waals surface area contributed by atoms with Gasteiger partial charge < -0.3 is 4.74 Å². The lowest BCUT2D eigenvalue weighted by Gasteiger charge is -2.05. The minimum atomic E-state index is 0.309. The van der Waals surface area contributed by atoms with Crippen LogP contribution in [0.4, 0.5) is 0 Å². The van der Waals surface area contributed by atoms with Gasteiger partial charge >= 0.3 is 0 Å². The van der Waals surface area contributed by atoms with Crippen molar-refractivity contribution in [2.75, 3.05) is 7.11 Å². The van der Waals surface area contributed by atoms with Crippen LogP contribution in [0.3, 0.4) is 0 Å².